The van der Waals surface area contributed by atoms with E-state index in [1.165, 1.54) is 11.3 Å². The predicted octanol–water partition coefficient (Wildman–Crippen LogP) is -0.430. The van der Waals surface area contributed by atoms with Crippen LogP contribution in [0.5, 0.6) is 0 Å². The largest absolute Gasteiger partial charge is 0.480 e. The highest BCUT2D eigenvalue weighted by Crippen LogP contribution is 2.03. The Morgan fingerprint density at radius 2 is 2.17 bits per heavy atom. The van der Waals surface area contributed by atoms with E-state index in [2.05, 4.69) is 15.0 Å². The zero-order chi connectivity index (χ0) is 13.4. The lowest BCUT2D eigenvalue weighted by atomic mass is 10.5. The number of carboxylic acid groups (broad SMARTS) is 1. The van der Waals surface area contributed by atoms with Crippen molar-refractivity contribution in [2.75, 3.05) is 13.2 Å². The standard InChI is InChI=1S/C9H11N3O5S/c13-7(3-17-4-8(14)15)12-9(16)11-2-6-1-10-5-18-6/h1,5H,2-4H2,(H,14,15)(H2,11,12,13,16). The summed E-state index contributed by atoms with van der Waals surface area (Å²) in [6.07, 6.45) is 1.60. The van der Waals surface area contributed by atoms with Gasteiger partial charge in [-0.15, -0.1) is 11.3 Å². The van der Waals surface area contributed by atoms with Gasteiger partial charge in [0.2, 0.25) is 0 Å². The molecule has 0 spiro atoms. The molecule has 0 radical (unpaired) electrons. The fraction of sp³-hybridized carbons (Fsp3) is 0.333. The molecule has 3 amide bonds. The number of carboxylic acids is 1. The van der Waals surface area contributed by atoms with E-state index in [9.17, 15) is 14.4 Å². The quantitative estimate of drug-likeness (QED) is 0.647. The van der Waals surface area contributed by atoms with Crippen LogP contribution >= 0.6 is 11.3 Å². The number of carbonyl (C=O) groups excluding carboxylic acids is 2. The maximum absolute atomic E-state index is 11.2. The van der Waals surface area contributed by atoms with Crippen LogP contribution in [0.25, 0.3) is 0 Å². The van der Waals surface area contributed by atoms with Crippen LogP contribution in [0.4, 0.5) is 4.79 Å². The van der Waals surface area contributed by atoms with Crippen molar-refractivity contribution >= 4 is 29.2 Å². The Kier molecular flexibility index (Phi) is 5.74. The molecule has 1 aromatic heterocycles. The highest BCUT2D eigenvalue weighted by atomic mass is 32.1. The molecular formula is C9H11N3O5S. The minimum Gasteiger partial charge on any atom is -0.480 e. The van der Waals surface area contributed by atoms with Gasteiger partial charge in [0.1, 0.15) is 13.2 Å². The zero-order valence-corrected chi connectivity index (χ0v) is 10.0. The van der Waals surface area contributed by atoms with Gasteiger partial charge in [-0.3, -0.25) is 15.1 Å². The maximum Gasteiger partial charge on any atom is 0.329 e. The fourth-order valence-electron chi connectivity index (χ4n) is 0.935. The Morgan fingerprint density at radius 1 is 1.39 bits per heavy atom. The van der Waals surface area contributed by atoms with Crippen molar-refractivity contribution in [1.29, 1.82) is 0 Å². The number of aliphatic carboxylic acids is 1. The van der Waals surface area contributed by atoms with E-state index in [-0.39, 0.29) is 6.54 Å². The number of nitrogens with zero attached hydrogens (tertiary/aromatic N) is 1. The number of rotatable bonds is 6. The Labute approximate surface area is 106 Å². The summed E-state index contributed by atoms with van der Waals surface area (Å²) in [5, 5.41) is 12.7. The van der Waals surface area contributed by atoms with Gasteiger partial charge in [0.05, 0.1) is 12.1 Å². The van der Waals surface area contributed by atoms with Gasteiger partial charge in [-0.05, 0) is 0 Å². The fourth-order valence-corrected chi connectivity index (χ4v) is 1.47. The summed E-state index contributed by atoms with van der Waals surface area (Å²) in [5.41, 5.74) is 1.62. The van der Waals surface area contributed by atoms with Gasteiger partial charge < -0.3 is 15.2 Å². The second-order valence-electron chi connectivity index (χ2n) is 3.09. The number of aromatic nitrogens is 1. The molecule has 1 rings (SSSR count). The van der Waals surface area contributed by atoms with Crippen molar-refractivity contribution in [3.63, 3.8) is 0 Å². The molecule has 98 valence electrons. The Bertz CT molecular complexity index is 420. The summed E-state index contributed by atoms with van der Waals surface area (Å²) in [6.45, 7) is -0.810. The average molecular weight is 273 g/mol. The summed E-state index contributed by atoms with van der Waals surface area (Å²) in [6, 6.07) is -0.674. The third-order valence-electron chi connectivity index (χ3n) is 1.62. The molecule has 0 aliphatic carbocycles. The minimum atomic E-state index is -1.18. The first-order chi connectivity index (χ1) is 8.58. The molecule has 0 aliphatic rings. The summed E-state index contributed by atoms with van der Waals surface area (Å²) < 4.78 is 4.51. The highest BCUT2D eigenvalue weighted by Gasteiger charge is 2.08. The molecule has 0 saturated carbocycles. The second kappa shape index (κ2) is 7.35. The van der Waals surface area contributed by atoms with Gasteiger partial charge >= 0.3 is 12.0 Å². The number of ether oxygens (including phenoxy) is 1. The van der Waals surface area contributed by atoms with Gasteiger partial charge in [-0.25, -0.2) is 9.59 Å². The van der Waals surface area contributed by atoms with Crippen LogP contribution in [0.2, 0.25) is 0 Å². The van der Waals surface area contributed by atoms with E-state index in [0.717, 1.165) is 4.88 Å². The molecule has 0 atom stereocenters. The molecule has 0 aliphatic heterocycles. The van der Waals surface area contributed by atoms with Crippen LogP contribution in [0.3, 0.4) is 0 Å². The van der Waals surface area contributed by atoms with Crippen molar-refractivity contribution in [1.82, 2.24) is 15.6 Å². The first-order valence-electron chi connectivity index (χ1n) is 4.82. The van der Waals surface area contributed by atoms with Crippen LogP contribution in [-0.2, 0) is 20.9 Å². The number of urea groups is 1. The molecule has 0 fully saturated rings. The van der Waals surface area contributed by atoms with Gasteiger partial charge in [-0.2, -0.15) is 0 Å². The van der Waals surface area contributed by atoms with E-state index >= 15 is 0 Å². The summed E-state index contributed by atoms with van der Waals surface area (Å²) in [7, 11) is 0. The van der Waals surface area contributed by atoms with E-state index < -0.39 is 31.1 Å². The van der Waals surface area contributed by atoms with Gasteiger partial charge in [0.15, 0.2) is 0 Å². The van der Waals surface area contributed by atoms with Crippen molar-refractivity contribution in [2.24, 2.45) is 0 Å². The summed E-state index contributed by atoms with van der Waals surface area (Å²) in [5.74, 6) is -1.89. The lowest BCUT2D eigenvalue weighted by molar-refractivity contribution is -0.143. The number of carbonyl (C=O) groups is 3. The van der Waals surface area contributed by atoms with Gasteiger partial charge in [0, 0.05) is 11.1 Å². The Hall–Kier alpha value is -2.00. The lowest BCUT2D eigenvalue weighted by Gasteiger charge is -2.05. The van der Waals surface area contributed by atoms with Crippen LogP contribution in [0.15, 0.2) is 11.7 Å². The summed E-state index contributed by atoms with van der Waals surface area (Å²) in [4.78, 5) is 37.1. The van der Waals surface area contributed by atoms with Crippen molar-refractivity contribution in [2.45, 2.75) is 6.54 Å². The number of thiazole rings is 1. The normalized spacial score (nSPS) is 9.78. The number of imide groups is 1. The molecule has 0 unspecified atom stereocenters. The van der Waals surface area contributed by atoms with Crippen molar-refractivity contribution < 1.29 is 24.2 Å². The minimum absolute atomic E-state index is 0.264. The number of amides is 3. The number of hydrogen-bond acceptors (Lipinski definition) is 6. The van der Waals surface area contributed by atoms with Crippen LogP contribution < -0.4 is 10.6 Å². The zero-order valence-electron chi connectivity index (χ0n) is 9.21. The molecule has 9 heteroatoms. The molecule has 1 heterocycles. The third-order valence-corrected chi connectivity index (χ3v) is 2.40. The number of hydrogen-bond donors (Lipinski definition) is 3. The van der Waals surface area contributed by atoms with Gasteiger partial charge in [-0.1, -0.05) is 0 Å². The summed E-state index contributed by atoms with van der Waals surface area (Å²) >= 11 is 1.37. The molecule has 3 N–H and O–H groups in total. The van der Waals surface area contributed by atoms with Crippen LogP contribution in [0, 0.1) is 0 Å². The van der Waals surface area contributed by atoms with E-state index in [0.29, 0.717) is 0 Å². The average Bonchev–Trinajstić information content (AvgIpc) is 2.78. The third kappa shape index (κ3) is 5.92. The molecule has 0 saturated heterocycles. The smallest absolute Gasteiger partial charge is 0.329 e. The van der Waals surface area contributed by atoms with E-state index in [1.54, 1.807) is 11.7 Å². The Balaban J connectivity index is 2.15. The van der Waals surface area contributed by atoms with Crippen molar-refractivity contribution in [3.8, 4) is 0 Å². The molecule has 1 aromatic rings. The molecule has 8 nitrogen and oxygen atoms in total. The molecule has 0 bridgehead atoms. The van der Waals surface area contributed by atoms with Crippen LogP contribution in [0.1, 0.15) is 4.88 Å². The second-order valence-corrected chi connectivity index (χ2v) is 4.06. The molecule has 18 heavy (non-hydrogen) atoms. The van der Waals surface area contributed by atoms with Crippen molar-refractivity contribution in [3.05, 3.63) is 16.6 Å². The van der Waals surface area contributed by atoms with E-state index in [4.69, 9.17) is 5.11 Å². The topological polar surface area (TPSA) is 118 Å². The first kappa shape index (κ1) is 14.1. The highest BCUT2D eigenvalue weighted by molar-refractivity contribution is 7.09. The maximum atomic E-state index is 11.2. The molecule has 0 aromatic carbocycles. The first-order valence-corrected chi connectivity index (χ1v) is 5.70. The SMILES string of the molecule is O=C(O)COCC(=O)NC(=O)NCc1cncs1. The van der Waals surface area contributed by atoms with Crippen LogP contribution in [-0.4, -0.2) is 41.2 Å². The van der Waals surface area contributed by atoms with E-state index in [1.807, 2.05) is 5.32 Å². The Morgan fingerprint density at radius 3 is 2.78 bits per heavy atom. The van der Waals surface area contributed by atoms with Gasteiger partial charge in [0.25, 0.3) is 5.91 Å². The monoisotopic (exact) mass is 273 g/mol. The predicted molar refractivity (Wildman–Crippen MR) is 60.9 cm³/mol. The molecular weight excluding hydrogens is 262 g/mol. The lowest BCUT2D eigenvalue weighted by Crippen LogP contribution is -2.40. The number of nitrogens with one attached hydrogen (secondary N) is 2.